The lowest BCUT2D eigenvalue weighted by Crippen LogP contribution is -2.36. The summed E-state index contributed by atoms with van der Waals surface area (Å²) in [7, 11) is 2.97. The van der Waals surface area contributed by atoms with Gasteiger partial charge in [0, 0.05) is 45.3 Å². The van der Waals surface area contributed by atoms with E-state index < -0.39 is 40.3 Å². The fraction of sp³-hybridized carbons (Fsp3) is 0.381. The second-order valence-electron chi connectivity index (χ2n) is 7.41. The third-order valence-electron chi connectivity index (χ3n) is 5.55. The van der Waals surface area contributed by atoms with Crippen molar-refractivity contribution >= 4 is 23.4 Å². The number of nitrogens with zero attached hydrogens (tertiary/aromatic N) is 3. The third-order valence-corrected chi connectivity index (χ3v) is 5.89. The largest absolute Gasteiger partial charge is 0.504 e. The highest BCUT2D eigenvalue weighted by atomic mass is 35.5. The number of nitrogens with two attached hydrogens (primary N) is 1. The average Bonchev–Trinajstić information content (AvgIpc) is 3.15. The molecule has 0 saturated heterocycles. The van der Waals surface area contributed by atoms with Gasteiger partial charge >= 0.3 is 0 Å². The van der Waals surface area contributed by atoms with Crippen LogP contribution in [0.15, 0.2) is 17.1 Å². The number of halogens is 3. The Labute approximate surface area is 188 Å². The Morgan fingerprint density at radius 1 is 1.41 bits per heavy atom. The van der Waals surface area contributed by atoms with Crippen molar-refractivity contribution in [2.24, 2.45) is 10.7 Å². The lowest BCUT2D eigenvalue weighted by Gasteiger charge is -2.22. The van der Waals surface area contributed by atoms with Crippen LogP contribution >= 0.6 is 11.6 Å². The summed E-state index contributed by atoms with van der Waals surface area (Å²) in [6, 6.07) is 1.60. The molecule has 172 valence electrons. The van der Waals surface area contributed by atoms with Crippen LogP contribution in [0.4, 0.5) is 8.78 Å². The first-order valence-corrected chi connectivity index (χ1v) is 10.4. The molecule has 1 aliphatic heterocycles. The minimum atomic E-state index is -0.977. The summed E-state index contributed by atoms with van der Waals surface area (Å²) in [5.74, 6) is -3.43. The molecule has 1 aromatic carbocycles. The standard InChI is InChI=1S/C21H24ClF2N5O3/c1-4-28(3)21(32)18-19(30)16(26-2)13(17-12(25)7-8-29(17)18)20(31)27-9-10-5-6-11(23)14(22)15(10)24/h5-6,12,30H,4,7-9,25H2,1-3H3,(H,27,31). The SMILES string of the molecule is CCN(C)C(=O)c1c(O)c(=NC)c(C(=O)NCc2ccc(F)c(Cl)c2F)c2n1CCC2N. The van der Waals surface area contributed by atoms with Crippen molar-refractivity contribution in [3.8, 4) is 5.75 Å². The molecule has 3 rings (SSSR count). The highest BCUT2D eigenvalue weighted by molar-refractivity contribution is 6.30. The van der Waals surface area contributed by atoms with Crippen LogP contribution in [0.5, 0.6) is 5.75 Å². The van der Waals surface area contributed by atoms with E-state index in [1.807, 2.05) is 0 Å². The van der Waals surface area contributed by atoms with Gasteiger partial charge in [0.15, 0.2) is 11.4 Å². The molecule has 0 fully saturated rings. The molecular weight excluding hydrogens is 444 g/mol. The molecule has 0 spiro atoms. The summed E-state index contributed by atoms with van der Waals surface area (Å²) < 4.78 is 29.1. The Bertz CT molecular complexity index is 1170. The van der Waals surface area contributed by atoms with E-state index in [1.54, 1.807) is 14.0 Å². The fourth-order valence-electron chi connectivity index (χ4n) is 3.71. The number of amides is 2. The predicted molar refractivity (Wildman–Crippen MR) is 114 cm³/mol. The van der Waals surface area contributed by atoms with E-state index in [0.717, 1.165) is 6.07 Å². The quantitative estimate of drug-likeness (QED) is 0.584. The molecule has 1 aliphatic rings. The van der Waals surface area contributed by atoms with Gasteiger partial charge in [-0.2, -0.15) is 0 Å². The van der Waals surface area contributed by atoms with Gasteiger partial charge in [-0.3, -0.25) is 14.6 Å². The number of benzene rings is 1. The van der Waals surface area contributed by atoms with Gasteiger partial charge in [-0.05, 0) is 19.4 Å². The molecule has 0 radical (unpaired) electrons. The number of nitrogens with one attached hydrogen (secondary N) is 1. The van der Waals surface area contributed by atoms with E-state index in [-0.39, 0.29) is 28.7 Å². The number of hydrogen-bond donors (Lipinski definition) is 3. The second-order valence-corrected chi connectivity index (χ2v) is 7.79. The van der Waals surface area contributed by atoms with E-state index in [9.17, 15) is 23.5 Å². The molecule has 1 atom stereocenters. The molecule has 0 saturated carbocycles. The zero-order valence-electron chi connectivity index (χ0n) is 17.9. The number of fused-ring (bicyclic) bond motifs is 1. The minimum Gasteiger partial charge on any atom is -0.504 e. The predicted octanol–water partition coefficient (Wildman–Crippen LogP) is 2.08. The molecule has 2 heterocycles. The van der Waals surface area contributed by atoms with Crippen LogP contribution in [0, 0.1) is 11.6 Å². The summed E-state index contributed by atoms with van der Waals surface area (Å²) >= 11 is 5.60. The first-order chi connectivity index (χ1) is 15.1. The molecule has 11 heteroatoms. The van der Waals surface area contributed by atoms with Crippen molar-refractivity contribution in [1.82, 2.24) is 14.8 Å². The number of aromatic hydroxyl groups is 1. The van der Waals surface area contributed by atoms with Gasteiger partial charge in [-0.15, -0.1) is 0 Å². The van der Waals surface area contributed by atoms with E-state index in [1.165, 1.54) is 22.6 Å². The highest BCUT2D eigenvalue weighted by Gasteiger charge is 2.34. The maximum atomic E-state index is 14.2. The smallest absolute Gasteiger partial charge is 0.274 e. The fourth-order valence-corrected chi connectivity index (χ4v) is 3.89. The Kier molecular flexibility index (Phi) is 6.85. The topological polar surface area (TPSA) is 113 Å². The van der Waals surface area contributed by atoms with Gasteiger partial charge in [0.2, 0.25) is 0 Å². The normalized spacial score (nSPS) is 15.6. The molecule has 2 aromatic rings. The summed E-state index contributed by atoms with van der Waals surface area (Å²) in [6.07, 6.45) is 0.450. The molecule has 4 N–H and O–H groups in total. The maximum absolute atomic E-state index is 14.2. The van der Waals surface area contributed by atoms with Crippen molar-refractivity contribution in [2.45, 2.75) is 32.5 Å². The van der Waals surface area contributed by atoms with Crippen molar-refractivity contribution in [3.05, 3.63) is 56.7 Å². The molecule has 1 aromatic heterocycles. The number of carbonyl (C=O) groups excluding carboxylic acids is 2. The molecule has 2 amide bonds. The summed E-state index contributed by atoms with van der Waals surface area (Å²) in [6.45, 7) is 2.24. The summed E-state index contributed by atoms with van der Waals surface area (Å²) in [4.78, 5) is 31.5. The van der Waals surface area contributed by atoms with Crippen LogP contribution in [0.2, 0.25) is 5.02 Å². The maximum Gasteiger partial charge on any atom is 0.274 e. The number of hydrogen-bond acceptors (Lipinski definition) is 5. The first-order valence-electron chi connectivity index (χ1n) is 9.98. The molecule has 1 unspecified atom stereocenters. The third kappa shape index (κ3) is 3.95. The zero-order chi connectivity index (χ0) is 23.7. The van der Waals surface area contributed by atoms with Crippen molar-refractivity contribution in [1.29, 1.82) is 0 Å². The Hall–Kier alpha value is -2.98. The van der Waals surface area contributed by atoms with Crippen LogP contribution in [-0.2, 0) is 13.1 Å². The van der Waals surface area contributed by atoms with Crippen molar-refractivity contribution in [3.63, 3.8) is 0 Å². The van der Waals surface area contributed by atoms with Gasteiger partial charge in [0.1, 0.15) is 22.0 Å². The molecule has 32 heavy (non-hydrogen) atoms. The van der Waals surface area contributed by atoms with Crippen LogP contribution in [0.1, 0.15) is 51.5 Å². The van der Waals surface area contributed by atoms with Gasteiger partial charge in [-0.1, -0.05) is 17.7 Å². The van der Waals surface area contributed by atoms with Gasteiger partial charge in [0.25, 0.3) is 11.8 Å². The number of rotatable bonds is 5. The van der Waals surface area contributed by atoms with E-state index in [4.69, 9.17) is 17.3 Å². The Balaban J connectivity index is 2.08. The first kappa shape index (κ1) is 23.7. The average molecular weight is 468 g/mol. The number of carbonyl (C=O) groups is 2. The molecular formula is C21H24ClF2N5O3. The van der Waals surface area contributed by atoms with Crippen LogP contribution in [-0.4, -0.2) is 47.0 Å². The monoisotopic (exact) mass is 467 g/mol. The van der Waals surface area contributed by atoms with Crippen LogP contribution < -0.4 is 16.4 Å². The van der Waals surface area contributed by atoms with Crippen molar-refractivity contribution in [2.75, 3.05) is 20.6 Å². The van der Waals surface area contributed by atoms with Gasteiger partial charge in [-0.25, -0.2) is 8.78 Å². The lowest BCUT2D eigenvalue weighted by atomic mass is 10.0. The van der Waals surface area contributed by atoms with E-state index in [0.29, 0.717) is 25.2 Å². The minimum absolute atomic E-state index is 0.000631. The number of aromatic nitrogens is 1. The van der Waals surface area contributed by atoms with E-state index in [2.05, 4.69) is 10.3 Å². The van der Waals surface area contributed by atoms with Crippen LogP contribution in [0.25, 0.3) is 0 Å². The summed E-state index contributed by atoms with van der Waals surface area (Å²) in [5.41, 5.74) is 6.57. The number of pyridine rings is 1. The Morgan fingerprint density at radius 2 is 2.09 bits per heavy atom. The Morgan fingerprint density at radius 3 is 2.72 bits per heavy atom. The molecule has 8 nitrogen and oxygen atoms in total. The summed E-state index contributed by atoms with van der Waals surface area (Å²) in [5, 5.41) is 12.7. The second kappa shape index (κ2) is 9.25. The zero-order valence-corrected chi connectivity index (χ0v) is 18.6. The molecule has 0 bridgehead atoms. The van der Waals surface area contributed by atoms with Gasteiger partial charge < -0.3 is 25.6 Å². The van der Waals surface area contributed by atoms with Gasteiger partial charge in [0.05, 0.1) is 11.3 Å². The lowest BCUT2D eigenvalue weighted by molar-refractivity contribution is 0.0785. The van der Waals surface area contributed by atoms with Crippen LogP contribution in [0.3, 0.4) is 0 Å². The highest BCUT2D eigenvalue weighted by Crippen LogP contribution is 2.31. The molecule has 0 aliphatic carbocycles. The van der Waals surface area contributed by atoms with Crippen molar-refractivity contribution < 1.29 is 23.5 Å². The van der Waals surface area contributed by atoms with E-state index >= 15 is 0 Å².